The predicted octanol–water partition coefficient (Wildman–Crippen LogP) is 2.05. The van der Waals surface area contributed by atoms with Crippen LogP contribution in [-0.4, -0.2) is 28.7 Å². The lowest BCUT2D eigenvalue weighted by Crippen LogP contribution is -2.28. The highest BCUT2D eigenvalue weighted by molar-refractivity contribution is 5.96. The van der Waals surface area contributed by atoms with Crippen molar-refractivity contribution in [3.8, 4) is 5.75 Å². The highest BCUT2D eigenvalue weighted by Crippen LogP contribution is 2.36. The van der Waals surface area contributed by atoms with Crippen molar-refractivity contribution in [2.75, 3.05) is 13.2 Å². The standard InChI is InChI=1S/C16H15FN2O6/c1-3-24-16(21)11-5-18-8(2)7-25-15-10(6-19(22)23)12(17)4-9(13(15)18)14(11)20/h4-5,8H,3,6-7H2,1-2H3/t8-/m1/s1. The topological polar surface area (TPSA) is 101 Å². The van der Waals surface area contributed by atoms with Gasteiger partial charge in [0.1, 0.15) is 23.6 Å². The first kappa shape index (κ1) is 16.9. The van der Waals surface area contributed by atoms with Crippen molar-refractivity contribution in [3.63, 3.8) is 0 Å². The van der Waals surface area contributed by atoms with Gasteiger partial charge in [0.2, 0.25) is 12.0 Å². The largest absolute Gasteiger partial charge is 0.489 e. The van der Waals surface area contributed by atoms with Gasteiger partial charge < -0.3 is 14.0 Å². The van der Waals surface area contributed by atoms with Crippen molar-refractivity contribution < 1.29 is 23.6 Å². The van der Waals surface area contributed by atoms with Gasteiger partial charge in [0.25, 0.3) is 0 Å². The quantitative estimate of drug-likeness (QED) is 0.475. The summed E-state index contributed by atoms with van der Waals surface area (Å²) in [4.78, 5) is 34.8. The van der Waals surface area contributed by atoms with Crippen LogP contribution in [0.15, 0.2) is 17.1 Å². The monoisotopic (exact) mass is 350 g/mol. The molecule has 0 saturated carbocycles. The molecular weight excluding hydrogens is 335 g/mol. The van der Waals surface area contributed by atoms with Crippen molar-refractivity contribution in [2.24, 2.45) is 0 Å². The van der Waals surface area contributed by atoms with Gasteiger partial charge in [-0.2, -0.15) is 0 Å². The van der Waals surface area contributed by atoms with E-state index >= 15 is 0 Å². The van der Waals surface area contributed by atoms with Crippen LogP contribution in [0.1, 0.15) is 35.8 Å². The summed E-state index contributed by atoms with van der Waals surface area (Å²) in [5.41, 5.74) is -0.887. The maximum absolute atomic E-state index is 14.4. The van der Waals surface area contributed by atoms with Gasteiger partial charge in [-0.15, -0.1) is 0 Å². The van der Waals surface area contributed by atoms with Crippen molar-refractivity contribution in [1.82, 2.24) is 4.57 Å². The number of benzene rings is 1. The van der Waals surface area contributed by atoms with Crippen LogP contribution in [0.5, 0.6) is 5.75 Å². The molecule has 0 unspecified atom stereocenters. The average molecular weight is 350 g/mol. The summed E-state index contributed by atoms with van der Waals surface area (Å²) in [7, 11) is 0. The minimum Gasteiger partial charge on any atom is -0.489 e. The zero-order chi connectivity index (χ0) is 18.3. The van der Waals surface area contributed by atoms with Gasteiger partial charge in [0, 0.05) is 11.1 Å². The summed E-state index contributed by atoms with van der Waals surface area (Å²) < 4.78 is 26.4. The molecule has 0 saturated heterocycles. The van der Waals surface area contributed by atoms with E-state index in [1.807, 2.05) is 0 Å². The molecule has 1 aliphatic rings. The minimum absolute atomic E-state index is 0.0303. The Morgan fingerprint density at radius 2 is 2.28 bits per heavy atom. The van der Waals surface area contributed by atoms with Crippen LogP contribution >= 0.6 is 0 Å². The predicted molar refractivity (Wildman–Crippen MR) is 85.0 cm³/mol. The number of pyridine rings is 1. The van der Waals surface area contributed by atoms with E-state index < -0.39 is 28.7 Å². The van der Waals surface area contributed by atoms with Crippen LogP contribution in [0.4, 0.5) is 4.39 Å². The number of carbonyl (C=O) groups excluding carboxylic acids is 1. The Bertz CT molecular complexity index is 952. The molecule has 1 aliphatic heterocycles. The van der Waals surface area contributed by atoms with E-state index in [-0.39, 0.29) is 47.0 Å². The van der Waals surface area contributed by atoms with E-state index in [0.29, 0.717) is 0 Å². The average Bonchev–Trinajstić information content (AvgIpc) is 2.55. The number of halogens is 1. The summed E-state index contributed by atoms with van der Waals surface area (Å²) in [5.74, 6) is -1.75. The fourth-order valence-electron chi connectivity index (χ4n) is 2.91. The van der Waals surface area contributed by atoms with Gasteiger partial charge >= 0.3 is 5.97 Å². The van der Waals surface area contributed by atoms with Gasteiger partial charge in [-0.25, -0.2) is 9.18 Å². The number of nitrogens with zero attached hydrogens (tertiary/aromatic N) is 2. The maximum Gasteiger partial charge on any atom is 0.343 e. The molecule has 1 aromatic carbocycles. The Hall–Kier alpha value is -2.97. The van der Waals surface area contributed by atoms with Crippen molar-refractivity contribution >= 4 is 16.9 Å². The molecule has 2 heterocycles. The Morgan fingerprint density at radius 1 is 1.56 bits per heavy atom. The van der Waals surface area contributed by atoms with Crippen LogP contribution in [0.25, 0.3) is 10.9 Å². The third-order valence-corrected chi connectivity index (χ3v) is 4.05. The van der Waals surface area contributed by atoms with Gasteiger partial charge in [0.05, 0.1) is 23.6 Å². The van der Waals surface area contributed by atoms with Crippen molar-refractivity contribution in [1.29, 1.82) is 0 Å². The smallest absolute Gasteiger partial charge is 0.343 e. The molecule has 0 amide bonds. The molecule has 1 atom stereocenters. The van der Waals surface area contributed by atoms with Gasteiger partial charge in [-0.05, 0) is 19.9 Å². The maximum atomic E-state index is 14.4. The number of nitro groups is 1. The van der Waals surface area contributed by atoms with Crippen LogP contribution in [0, 0.1) is 15.9 Å². The highest BCUT2D eigenvalue weighted by Gasteiger charge is 2.29. The van der Waals surface area contributed by atoms with Gasteiger partial charge in [0.15, 0.2) is 5.75 Å². The molecule has 25 heavy (non-hydrogen) atoms. The summed E-state index contributed by atoms with van der Waals surface area (Å²) in [5, 5.41) is 10.8. The molecule has 0 aliphatic carbocycles. The summed E-state index contributed by atoms with van der Waals surface area (Å²) >= 11 is 0. The lowest BCUT2D eigenvalue weighted by Gasteiger charge is -2.28. The molecule has 0 bridgehead atoms. The molecule has 2 aromatic rings. The second-order valence-corrected chi connectivity index (χ2v) is 5.71. The molecule has 0 spiro atoms. The SMILES string of the molecule is CCOC(=O)c1cn2c3c(c(C[N+](=O)[O-])c(F)cc3c1=O)OC[C@H]2C. The molecular formula is C16H15FN2O6. The summed E-state index contributed by atoms with van der Waals surface area (Å²) in [6, 6.07) is 0.665. The van der Waals surface area contributed by atoms with E-state index in [2.05, 4.69) is 0 Å². The van der Waals surface area contributed by atoms with Crippen LogP contribution in [-0.2, 0) is 11.3 Å². The lowest BCUT2D eigenvalue weighted by molar-refractivity contribution is -0.497. The molecule has 0 N–H and O–H groups in total. The Kier molecular flexibility index (Phi) is 4.15. The zero-order valence-corrected chi connectivity index (χ0v) is 13.6. The molecule has 1 aromatic heterocycles. The first-order chi connectivity index (χ1) is 11.8. The molecule has 0 fully saturated rings. The van der Waals surface area contributed by atoms with E-state index in [1.54, 1.807) is 18.4 Å². The van der Waals surface area contributed by atoms with Crippen LogP contribution in [0.3, 0.4) is 0 Å². The lowest BCUT2D eigenvalue weighted by atomic mass is 10.0. The van der Waals surface area contributed by atoms with Crippen LogP contribution in [0.2, 0.25) is 0 Å². The molecule has 8 nitrogen and oxygen atoms in total. The first-order valence-electron chi connectivity index (χ1n) is 7.67. The van der Waals surface area contributed by atoms with E-state index in [0.717, 1.165) is 6.07 Å². The van der Waals surface area contributed by atoms with Crippen LogP contribution < -0.4 is 10.2 Å². The Labute approximate surface area is 140 Å². The second-order valence-electron chi connectivity index (χ2n) is 5.71. The zero-order valence-electron chi connectivity index (χ0n) is 13.6. The number of hydrogen-bond donors (Lipinski definition) is 0. The molecule has 9 heteroatoms. The number of aromatic nitrogens is 1. The number of ether oxygens (including phenoxy) is 2. The molecule has 3 rings (SSSR count). The number of carbonyl (C=O) groups is 1. The highest BCUT2D eigenvalue weighted by atomic mass is 19.1. The van der Waals surface area contributed by atoms with Gasteiger partial charge in [-0.1, -0.05) is 0 Å². The minimum atomic E-state index is -0.918. The fraction of sp³-hybridized carbons (Fsp3) is 0.375. The first-order valence-corrected chi connectivity index (χ1v) is 7.67. The summed E-state index contributed by atoms with van der Waals surface area (Å²) in [6.07, 6.45) is 1.34. The van der Waals surface area contributed by atoms with E-state index in [4.69, 9.17) is 9.47 Å². The number of hydrogen-bond acceptors (Lipinski definition) is 6. The van der Waals surface area contributed by atoms with E-state index in [1.165, 1.54) is 6.20 Å². The fourth-order valence-corrected chi connectivity index (χ4v) is 2.91. The second kappa shape index (κ2) is 6.15. The normalized spacial score (nSPS) is 15.7. The van der Waals surface area contributed by atoms with Crippen molar-refractivity contribution in [3.05, 3.63) is 49.5 Å². The third kappa shape index (κ3) is 2.71. The summed E-state index contributed by atoms with van der Waals surface area (Å²) in [6.45, 7) is 2.86. The third-order valence-electron chi connectivity index (χ3n) is 4.05. The Balaban J connectivity index is 2.38. The number of rotatable bonds is 4. The number of esters is 1. The Morgan fingerprint density at radius 3 is 2.92 bits per heavy atom. The molecule has 0 radical (unpaired) electrons. The van der Waals surface area contributed by atoms with Gasteiger partial charge in [-0.3, -0.25) is 14.9 Å². The van der Waals surface area contributed by atoms with E-state index in [9.17, 15) is 24.1 Å². The van der Waals surface area contributed by atoms with Crippen molar-refractivity contribution in [2.45, 2.75) is 26.4 Å². The molecule has 132 valence electrons.